The molecular formula is C21H26N4O2S. The zero-order valence-corrected chi connectivity index (χ0v) is 17.1. The van der Waals surface area contributed by atoms with Gasteiger partial charge >= 0.3 is 0 Å². The molecule has 1 unspecified atom stereocenters. The number of aryl methyl sites for hydroxylation is 1. The maximum atomic E-state index is 13.1. The first-order chi connectivity index (χ1) is 13.4. The standard InChI is InChI=1S/C21H26N4O2S/c1-3-7-19(22)20-23-24-21(25(20)14-17-8-5-4-6-9-17)28(26,27)15-18-12-10-16(2)11-13-18/h4-6,8-13,19H,3,7,14-15,22H2,1-2H3. The molecule has 2 aromatic carbocycles. The molecule has 1 atom stereocenters. The first-order valence-corrected chi connectivity index (χ1v) is 11.1. The molecule has 0 saturated heterocycles. The lowest BCUT2D eigenvalue weighted by atomic mass is 10.1. The van der Waals surface area contributed by atoms with Crippen LogP contribution in [0.5, 0.6) is 0 Å². The van der Waals surface area contributed by atoms with E-state index in [0.717, 1.165) is 23.1 Å². The third kappa shape index (κ3) is 4.66. The number of nitrogens with two attached hydrogens (primary N) is 1. The Morgan fingerprint density at radius 3 is 2.32 bits per heavy atom. The summed E-state index contributed by atoms with van der Waals surface area (Å²) in [5.41, 5.74) is 9.04. The second-order valence-electron chi connectivity index (χ2n) is 7.05. The number of rotatable bonds is 8. The Balaban J connectivity index is 2.00. The van der Waals surface area contributed by atoms with E-state index < -0.39 is 9.84 Å². The Morgan fingerprint density at radius 1 is 1.00 bits per heavy atom. The van der Waals surface area contributed by atoms with Crippen LogP contribution in [-0.2, 0) is 22.1 Å². The molecule has 3 rings (SSSR count). The van der Waals surface area contributed by atoms with Crippen molar-refractivity contribution in [2.24, 2.45) is 5.73 Å². The Kier molecular flexibility index (Phi) is 6.26. The molecule has 0 aliphatic heterocycles. The van der Waals surface area contributed by atoms with Gasteiger partial charge in [0.1, 0.15) is 0 Å². The maximum Gasteiger partial charge on any atom is 0.250 e. The van der Waals surface area contributed by atoms with Gasteiger partial charge in [0, 0.05) is 0 Å². The largest absolute Gasteiger partial charge is 0.321 e. The van der Waals surface area contributed by atoms with Crippen molar-refractivity contribution in [1.29, 1.82) is 0 Å². The van der Waals surface area contributed by atoms with E-state index in [1.807, 2.05) is 68.4 Å². The van der Waals surface area contributed by atoms with Gasteiger partial charge in [-0.2, -0.15) is 0 Å². The molecule has 3 aromatic rings. The van der Waals surface area contributed by atoms with Gasteiger partial charge in [0.25, 0.3) is 0 Å². The number of benzene rings is 2. The highest BCUT2D eigenvalue weighted by Crippen LogP contribution is 2.22. The second-order valence-corrected chi connectivity index (χ2v) is 8.94. The fraction of sp³-hybridized carbons (Fsp3) is 0.333. The summed E-state index contributed by atoms with van der Waals surface area (Å²) >= 11 is 0. The van der Waals surface area contributed by atoms with Crippen LogP contribution in [0.2, 0.25) is 0 Å². The first-order valence-electron chi connectivity index (χ1n) is 9.41. The average Bonchev–Trinajstić information content (AvgIpc) is 3.09. The van der Waals surface area contributed by atoms with E-state index >= 15 is 0 Å². The van der Waals surface area contributed by atoms with E-state index in [4.69, 9.17) is 5.73 Å². The van der Waals surface area contributed by atoms with E-state index in [0.29, 0.717) is 18.8 Å². The zero-order chi connectivity index (χ0) is 20.1. The van der Waals surface area contributed by atoms with E-state index in [2.05, 4.69) is 10.2 Å². The van der Waals surface area contributed by atoms with Crippen LogP contribution in [0.1, 0.15) is 48.3 Å². The van der Waals surface area contributed by atoms with Gasteiger partial charge < -0.3 is 5.73 Å². The lowest BCUT2D eigenvalue weighted by Crippen LogP contribution is -2.20. The fourth-order valence-corrected chi connectivity index (χ4v) is 4.55. The summed E-state index contributed by atoms with van der Waals surface area (Å²) in [7, 11) is -3.67. The molecule has 0 radical (unpaired) electrons. The molecule has 0 aliphatic rings. The molecule has 6 nitrogen and oxygen atoms in total. The van der Waals surface area contributed by atoms with E-state index in [1.165, 1.54) is 0 Å². The van der Waals surface area contributed by atoms with Crippen molar-refractivity contribution in [2.45, 2.75) is 50.2 Å². The number of aromatic nitrogens is 3. The van der Waals surface area contributed by atoms with Crippen molar-refractivity contribution in [1.82, 2.24) is 14.8 Å². The molecule has 0 amide bonds. The first kappa shape index (κ1) is 20.2. The maximum absolute atomic E-state index is 13.1. The number of nitrogens with zero attached hydrogens (tertiary/aromatic N) is 3. The van der Waals surface area contributed by atoms with Crippen molar-refractivity contribution < 1.29 is 8.42 Å². The van der Waals surface area contributed by atoms with Gasteiger partial charge in [-0.1, -0.05) is 73.5 Å². The molecule has 7 heteroatoms. The Labute approximate surface area is 166 Å². The predicted octanol–water partition coefficient (Wildman–Crippen LogP) is 3.41. The molecule has 0 bridgehead atoms. The minimum atomic E-state index is -3.67. The highest BCUT2D eigenvalue weighted by molar-refractivity contribution is 7.90. The summed E-state index contributed by atoms with van der Waals surface area (Å²) in [5.74, 6) is 0.386. The van der Waals surface area contributed by atoms with Crippen LogP contribution in [0.3, 0.4) is 0 Å². The van der Waals surface area contributed by atoms with Crippen LogP contribution in [0, 0.1) is 6.92 Å². The molecule has 0 saturated carbocycles. The van der Waals surface area contributed by atoms with Crippen molar-refractivity contribution in [3.05, 3.63) is 77.1 Å². The third-order valence-corrected chi connectivity index (χ3v) is 6.19. The average molecular weight is 399 g/mol. The number of sulfone groups is 1. The summed E-state index contributed by atoms with van der Waals surface area (Å²) in [5, 5.41) is 8.18. The normalized spacial score (nSPS) is 12.8. The van der Waals surface area contributed by atoms with Crippen LogP contribution in [0.15, 0.2) is 59.8 Å². The molecular weight excluding hydrogens is 372 g/mol. The Morgan fingerprint density at radius 2 is 1.68 bits per heavy atom. The van der Waals surface area contributed by atoms with Crippen LogP contribution in [0.4, 0.5) is 0 Å². The molecule has 0 spiro atoms. The Bertz CT molecular complexity index is 1010. The van der Waals surface area contributed by atoms with Gasteiger partial charge in [-0.15, -0.1) is 10.2 Å². The van der Waals surface area contributed by atoms with Gasteiger partial charge in [-0.25, -0.2) is 8.42 Å². The highest BCUT2D eigenvalue weighted by atomic mass is 32.2. The van der Waals surface area contributed by atoms with Crippen molar-refractivity contribution in [3.63, 3.8) is 0 Å². The zero-order valence-electron chi connectivity index (χ0n) is 16.2. The summed E-state index contributed by atoms with van der Waals surface area (Å²) < 4.78 is 27.9. The highest BCUT2D eigenvalue weighted by Gasteiger charge is 2.27. The topological polar surface area (TPSA) is 90.9 Å². The van der Waals surface area contributed by atoms with Crippen LogP contribution >= 0.6 is 0 Å². The number of hydrogen-bond donors (Lipinski definition) is 1. The van der Waals surface area contributed by atoms with Gasteiger partial charge in [-0.3, -0.25) is 4.57 Å². The second kappa shape index (κ2) is 8.67. The van der Waals surface area contributed by atoms with Gasteiger partial charge in [0.15, 0.2) is 5.82 Å². The molecule has 148 valence electrons. The number of hydrogen-bond acceptors (Lipinski definition) is 5. The summed E-state index contributed by atoms with van der Waals surface area (Å²) in [6, 6.07) is 16.8. The van der Waals surface area contributed by atoms with Crippen LogP contribution in [0.25, 0.3) is 0 Å². The summed E-state index contributed by atoms with van der Waals surface area (Å²) in [4.78, 5) is 0. The lowest BCUT2D eigenvalue weighted by Gasteiger charge is -2.15. The van der Waals surface area contributed by atoms with Crippen LogP contribution in [-0.4, -0.2) is 23.2 Å². The predicted molar refractivity (Wildman–Crippen MR) is 109 cm³/mol. The molecule has 1 aromatic heterocycles. The van der Waals surface area contributed by atoms with Gasteiger partial charge in [0.05, 0.1) is 18.3 Å². The van der Waals surface area contributed by atoms with E-state index in [9.17, 15) is 8.42 Å². The SMILES string of the molecule is CCCC(N)c1nnc(S(=O)(=O)Cc2ccc(C)cc2)n1Cc1ccccc1. The molecule has 0 fully saturated rings. The fourth-order valence-electron chi connectivity index (χ4n) is 3.13. The summed E-state index contributed by atoms with van der Waals surface area (Å²) in [6.07, 6.45) is 1.59. The molecule has 1 heterocycles. The minimum absolute atomic E-state index is 0.0292. The van der Waals surface area contributed by atoms with Crippen molar-refractivity contribution >= 4 is 9.84 Å². The third-order valence-electron chi connectivity index (χ3n) is 4.62. The smallest absolute Gasteiger partial charge is 0.250 e. The lowest BCUT2D eigenvalue weighted by molar-refractivity contribution is 0.537. The molecule has 28 heavy (non-hydrogen) atoms. The van der Waals surface area contributed by atoms with Crippen LogP contribution < -0.4 is 5.73 Å². The van der Waals surface area contributed by atoms with Gasteiger partial charge in [0.2, 0.25) is 15.0 Å². The Hall–Kier alpha value is -2.51. The molecule has 0 aliphatic carbocycles. The quantitative estimate of drug-likeness (QED) is 0.628. The summed E-state index contributed by atoms with van der Waals surface area (Å²) in [6.45, 7) is 4.37. The molecule has 2 N–H and O–H groups in total. The van der Waals surface area contributed by atoms with Gasteiger partial charge in [-0.05, 0) is 24.5 Å². The van der Waals surface area contributed by atoms with Crippen molar-refractivity contribution in [2.75, 3.05) is 0 Å². The minimum Gasteiger partial charge on any atom is -0.321 e. The van der Waals surface area contributed by atoms with E-state index in [-0.39, 0.29) is 17.0 Å². The monoisotopic (exact) mass is 398 g/mol. The van der Waals surface area contributed by atoms with Crippen molar-refractivity contribution in [3.8, 4) is 0 Å². The van der Waals surface area contributed by atoms with E-state index in [1.54, 1.807) is 4.57 Å².